The van der Waals surface area contributed by atoms with Crippen molar-refractivity contribution in [2.24, 2.45) is 0 Å². The molecule has 0 radical (unpaired) electrons. The summed E-state index contributed by atoms with van der Waals surface area (Å²) in [5, 5.41) is 0. The van der Waals surface area contributed by atoms with Crippen molar-refractivity contribution >= 4 is 12.6 Å². The van der Waals surface area contributed by atoms with Gasteiger partial charge in [0.2, 0.25) is 0 Å². The molecule has 1 aromatic carbocycles. The van der Waals surface area contributed by atoms with Crippen molar-refractivity contribution in [1.82, 2.24) is 0 Å². The molecule has 0 atom stereocenters. The van der Waals surface area contributed by atoms with Crippen LogP contribution in [-0.4, -0.2) is 24.7 Å². The van der Waals surface area contributed by atoms with Gasteiger partial charge in [0.15, 0.2) is 0 Å². The molecule has 0 amide bonds. The molecule has 0 saturated carbocycles. The zero-order chi connectivity index (χ0) is 16.1. The van der Waals surface area contributed by atoms with Crippen LogP contribution in [0.2, 0.25) is 0 Å². The van der Waals surface area contributed by atoms with Crippen LogP contribution < -0.4 is 10.2 Å². The van der Waals surface area contributed by atoms with Crippen LogP contribution in [0.15, 0.2) is 18.2 Å². The van der Waals surface area contributed by atoms with Crippen molar-refractivity contribution < 1.29 is 31.6 Å². The molecule has 0 aliphatic carbocycles. The summed E-state index contributed by atoms with van der Waals surface area (Å²) in [7, 11) is -0.957. The lowest BCUT2D eigenvalue weighted by atomic mass is 9.79. The fraction of sp³-hybridized carbons (Fsp3) is 0.538. The van der Waals surface area contributed by atoms with E-state index >= 15 is 0 Å². The van der Waals surface area contributed by atoms with E-state index in [-0.39, 0.29) is 5.46 Å². The maximum absolute atomic E-state index is 13.5. The summed E-state index contributed by atoms with van der Waals surface area (Å²) in [6.45, 7) is 7.16. The molecule has 0 bridgehead atoms. The van der Waals surface area contributed by atoms with Gasteiger partial charge < -0.3 is 14.0 Å². The summed E-state index contributed by atoms with van der Waals surface area (Å²) >= 11 is 0. The Morgan fingerprint density at radius 1 is 1.00 bits per heavy atom. The quantitative estimate of drug-likeness (QED) is 0.621. The smallest absolute Gasteiger partial charge is 0.406 e. The molecule has 1 fully saturated rings. The summed E-state index contributed by atoms with van der Waals surface area (Å²) in [5.41, 5.74) is -1.21. The van der Waals surface area contributed by atoms with Crippen molar-refractivity contribution in [2.45, 2.75) is 45.3 Å². The highest BCUT2D eigenvalue weighted by molar-refractivity contribution is 6.62. The average molecular weight is 306 g/mol. The van der Waals surface area contributed by atoms with E-state index < -0.39 is 36.2 Å². The van der Waals surface area contributed by atoms with Gasteiger partial charge in [-0.05, 0) is 45.3 Å². The van der Waals surface area contributed by atoms with E-state index in [1.54, 1.807) is 27.7 Å². The monoisotopic (exact) mass is 306 g/mol. The SMILES string of the molecule is CC1(C)OB(c2cc(F)cc(OC(F)(F)F)c2)OC1(C)C. The maximum Gasteiger partial charge on any atom is 0.573 e. The zero-order valence-corrected chi connectivity index (χ0v) is 12.0. The number of hydrogen-bond donors (Lipinski definition) is 0. The van der Waals surface area contributed by atoms with E-state index in [2.05, 4.69) is 4.74 Å². The second-order valence-corrected chi connectivity index (χ2v) is 5.86. The Hall–Kier alpha value is -1.28. The molecule has 116 valence electrons. The molecule has 0 unspecified atom stereocenters. The minimum atomic E-state index is -4.89. The van der Waals surface area contributed by atoms with Crippen molar-refractivity contribution in [3.05, 3.63) is 24.0 Å². The van der Waals surface area contributed by atoms with Crippen LogP contribution >= 0.6 is 0 Å². The van der Waals surface area contributed by atoms with E-state index in [1.807, 2.05) is 0 Å². The standard InChI is InChI=1S/C13H15BF4O3/c1-11(2)12(3,4)21-14(20-11)8-5-9(15)7-10(6-8)19-13(16,17)18/h5-7H,1-4H3. The van der Waals surface area contributed by atoms with Crippen molar-refractivity contribution in [2.75, 3.05) is 0 Å². The lowest BCUT2D eigenvalue weighted by molar-refractivity contribution is -0.274. The first kappa shape index (κ1) is 16.1. The summed E-state index contributed by atoms with van der Waals surface area (Å²) in [6.07, 6.45) is -4.89. The molecule has 2 rings (SSSR count). The van der Waals surface area contributed by atoms with Gasteiger partial charge in [-0.15, -0.1) is 13.2 Å². The molecule has 0 aromatic heterocycles. The van der Waals surface area contributed by atoms with Gasteiger partial charge in [0, 0.05) is 6.07 Å². The number of halogens is 4. The van der Waals surface area contributed by atoms with Gasteiger partial charge in [0.1, 0.15) is 11.6 Å². The van der Waals surface area contributed by atoms with Crippen LogP contribution in [0.5, 0.6) is 5.75 Å². The molecular weight excluding hydrogens is 291 g/mol. The van der Waals surface area contributed by atoms with E-state index in [0.29, 0.717) is 6.07 Å². The highest BCUT2D eigenvalue weighted by Crippen LogP contribution is 2.36. The van der Waals surface area contributed by atoms with Gasteiger partial charge in [0.05, 0.1) is 11.2 Å². The van der Waals surface area contributed by atoms with Gasteiger partial charge in [-0.1, -0.05) is 0 Å². The lowest BCUT2D eigenvalue weighted by Crippen LogP contribution is -2.41. The third-order valence-electron chi connectivity index (χ3n) is 3.65. The van der Waals surface area contributed by atoms with Gasteiger partial charge in [-0.25, -0.2) is 4.39 Å². The van der Waals surface area contributed by atoms with Gasteiger partial charge in [-0.2, -0.15) is 0 Å². The molecule has 0 spiro atoms. The normalized spacial score (nSPS) is 20.7. The average Bonchev–Trinajstić information content (AvgIpc) is 2.44. The van der Waals surface area contributed by atoms with Crippen LogP contribution in [0.4, 0.5) is 17.6 Å². The first-order chi connectivity index (χ1) is 9.40. The molecule has 1 saturated heterocycles. The van der Waals surface area contributed by atoms with Gasteiger partial charge >= 0.3 is 13.5 Å². The maximum atomic E-state index is 13.5. The number of hydrogen-bond acceptors (Lipinski definition) is 3. The third-order valence-corrected chi connectivity index (χ3v) is 3.65. The molecule has 21 heavy (non-hydrogen) atoms. The number of benzene rings is 1. The molecule has 1 aliphatic heterocycles. The first-order valence-electron chi connectivity index (χ1n) is 6.31. The fourth-order valence-electron chi connectivity index (χ4n) is 1.89. The van der Waals surface area contributed by atoms with Gasteiger partial charge in [0.25, 0.3) is 0 Å². The van der Waals surface area contributed by atoms with Gasteiger partial charge in [-0.3, -0.25) is 0 Å². The van der Waals surface area contributed by atoms with E-state index in [1.165, 1.54) is 0 Å². The minimum absolute atomic E-state index is 0.132. The van der Waals surface area contributed by atoms with E-state index in [9.17, 15) is 17.6 Å². The van der Waals surface area contributed by atoms with Crippen molar-refractivity contribution in [3.63, 3.8) is 0 Å². The number of rotatable bonds is 2. The fourth-order valence-corrected chi connectivity index (χ4v) is 1.89. The Bertz CT molecular complexity index is 527. The number of ether oxygens (including phenoxy) is 1. The predicted molar refractivity (Wildman–Crippen MR) is 68.8 cm³/mol. The molecule has 1 heterocycles. The zero-order valence-electron chi connectivity index (χ0n) is 12.0. The van der Waals surface area contributed by atoms with E-state index in [0.717, 1.165) is 12.1 Å². The lowest BCUT2D eigenvalue weighted by Gasteiger charge is -2.32. The highest BCUT2D eigenvalue weighted by Gasteiger charge is 2.52. The second-order valence-electron chi connectivity index (χ2n) is 5.86. The van der Waals surface area contributed by atoms with Crippen LogP contribution in [0, 0.1) is 5.82 Å². The molecular formula is C13H15BF4O3. The predicted octanol–water partition coefficient (Wildman–Crippen LogP) is 3.02. The Labute approximate surface area is 120 Å². The Morgan fingerprint density at radius 3 is 2.00 bits per heavy atom. The molecule has 3 nitrogen and oxygen atoms in total. The Morgan fingerprint density at radius 2 is 1.52 bits per heavy atom. The highest BCUT2D eigenvalue weighted by atomic mass is 19.4. The third kappa shape index (κ3) is 3.49. The van der Waals surface area contributed by atoms with Crippen LogP contribution in [0.3, 0.4) is 0 Å². The van der Waals surface area contributed by atoms with Crippen LogP contribution in [-0.2, 0) is 9.31 Å². The van der Waals surface area contributed by atoms with E-state index in [4.69, 9.17) is 9.31 Å². The van der Waals surface area contributed by atoms with Crippen molar-refractivity contribution in [1.29, 1.82) is 0 Å². The number of alkyl halides is 3. The topological polar surface area (TPSA) is 27.7 Å². The largest absolute Gasteiger partial charge is 0.573 e. The second kappa shape index (κ2) is 4.88. The minimum Gasteiger partial charge on any atom is -0.406 e. The summed E-state index contributed by atoms with van der Waals surface area (Å²) < 4.78 is 65.2. The van der Waals surface area contributed by atoms with Crippen LogP contribution in [0.1, 0.15) is 27.7 Å². The first-order valence-corrected chi connectivity index (χ1v) is 6.31. The summed E-state index contributed by atoms with van der Waals surface area (Å²) in [6, 6.07) is 2.77. The Balaban J connectivity index is 2.30. The summed E-state index contributed by atoms with van der Waals surface area (Å²) in [4.78, 5) is 0. The molecule has 0 N–H and O–H groups in total. The molecule has 1 aromatic rings. The van der Waals surface area contributed by atoms with Crippen molar-refractivity contribution in [3.8, 4) is 5.75 Å². The Kier molecular flexibility index (Phi) is 3.74. The molecule has 1 aliphatic rings. The van der Waals surface area contributed by atoms with Crippen LogP contribution in [0.25, 0.3) is 0 Å². The molecule has 8 heteroatoms. The summed E-state index contributed by atoms with van der Waals surface area (Å²) in [5.74, 6) is -1.51.